The van der Waals surface area contributed by atoms with Crippen molar-refractivity contribution in [3.8, 4) is 0 Å². The highest BCUT2D eigenvalue weighted by Gasteiger charge is 2.51. The van der Waals surface area contributed by atoms with Gasteiger partial charge in [0.1, 0.15) is 17.2 Å². The number of benzene rings is 1. The Morgan fingerprint density at radius 1 is 1.23 bits per heavy atom. The van der Waals surface area contributed by atoms with Crippen molar-refractivity contribution in [1.29, 1.82) is 0 Å². The summed E-state index contributed by atoms with van der Waals surface area (Å²) < 4.78 is 3.66. The molecule has 2 atom stereocenters. The van der Waals surface area contributed by atoms with Crippen molar-refractivity contribution in [3.05, 3.63) is 59.8 Å². The topological polar surface area (TPSA) is 112 Å². The lowest BCUT2D eigenvalue weighted by molar-refractivity contribution is -0.125. The molecule has 154 valence electrons. The zero-order valence-electron chi connectivity index (χ0n) is 16.7. The number of aromatic nitrogens is 5. The quantitative estimate of drug-likeness (QED) is 0.707. The monoisotopic (exact) mass is 405 g/mol. The van der Waals surface area contributed by atoms with Crippen LogP contribution in [0.5, 0.6) is 0 Å². The summed E-state index contributed by atoms with van der Waals surface area (Å²) >= 11 is 0. The van der Waals surface area contributed by atoms with E-state index in [9.17, 15) is 9.59 Å². The van der Waals surface area contributed by atoms with Crippen LogP contribution in [0.1, 0.15) is 41.3 Å². The number of hydrogen-bond donors (Lipinski definition) is 1. The average molecular weight is 405 g/mol. The Labute approximate surface area is 173 Å². The number of nitrogens with two attached hydrogens (primary N) is 1. The Morgan fingerprint density at radius 3 is 2.80 bits per heavy atom. The molecular weight excluding hydrogens is 382 g/mol. The SMILES string of the molecule is CN1C(=O)[C@H](C2(c3ccccc3)CCCc3nc(C(N)=O)nn32)CCn2nccc21. The maximum absolute atomic E-state index is 13.8. The molecular formula is C21H23N7O2. The summed E-state index contributed by atoms with van der Waals surface area (Å²) in [4.78, 5) is 31.7. The number of carbonyl (C=O) groups excluding carboxylic acids is 2. The summed E-state index contributed by atoms with van der Waals surface area (Å²) in [7, 11) is 1.78. The van der Waals surface area contributed by atoms with Gasteiger partial charge in [0.15, 0.2) is 0 Å². The fourth-order valence-corrected chi connectivity index (χ4v) is 5.02. The Morgan fingerprint density at radius 2 is 2.03 bits per heavy atom. The molecule has 0 bridgehead atoms. The third kappa shape index (κ3) is 2.58. The molecule has 2 aromatic heterocycles. The van der Waals surface area contributed by atoms with Crippen LogP contribution in [0.4, 0.5) is 5.82 Å². The molecule has 1 aromatic carbocycles. The molecule has 30 heavy (non-hydrogen) atoms. The van der Waals surface area contributed by atoms with Crippen molar-refractivity contribution >= 4 is 17.6 Å². The van der Waals surface area contributed by atoms with E-state index in [1.54, 1.807) is 22.8 Å². The molecule has 3 aromatic rings. The van der Waals surface area contributed by atoms with Crippen molar-refractivity contribution in [1.82, 2.24) is 24.5 Å². The summed E-state index contributed by atoms with van der Waals surface area (Å²) in [5, 5.41) is 8.90. The van der Waals surface area contributed by atoms with Crippen molar-refractivity contribution < 1.29 is 9.59 Å². The van der Waals surface area contributed by atoms with Gasteiger partial charge in [0, 0.05) is 26.1 Å². The van der Waals surface area contributed by atoms with E-state index in [2.05, 4.69) is 15.2 Å². The number of anilines is 1. The molecule has 2 amide bonds. The maximum Gasteiger partial charge on any atom is 0.288 e. The Bertz CT molecular complexity index is 1120. The van der Waals surface area contributed by atoms with E-state index in [1.165, 1.54) is 0 Å². The van der Waals surface area contributed by atoms with Gasteiger partial charge in [-0.2, -0.15) is 5.10 Å². The first kappa shape index (κ1) is 18.5. The lowest BCUT2D eigenvalue weighted by atomic mass is 9.71. The number of carbonyl (C=O) groups is 2. The molecule has 0 spiro atoms. The van der Waals surface area contributed by atoms with Gasteiger partial charge in [0.25, 0.3) is 5.91 Å². The van der Waals surface area contributed by atoms with Gasteiger partial charge in [-0.25, -0.2) is 14.3 Å². The zero-order valence-corrected chi connectivity index (χ0v) is 16.7. The second-order valence-corrected chi connectivity index (χ2v) is 7.92. The molecule has 0 saturated carbocycles. The lowest BCUT2D eigenvalue weighted by Gasteiger charge is -2.44. The van der Waals surface area contributed by atoms with Crippen LogP contribution in [0.15, 0.2) is 42.6 Å². The standard InChI is InChI=1S/C21H23N7O2/c1-26-17-9-12-23-27(17)13-10-15(20(26)30)21(14-6-3-2-4-7-14)11-5-8-16-24-19(18(22)29)25-28(16)21/h2-4,6-7,9,12,15H,5,8,10-11,13H2,1H3,(H2,22,29)/t15-,21?/m1/s1. The maximum atomic E-state index is 13.8. The summed E-state index contributed by atoms with van der Waals surface area (Å²) in [5.74, 6) is 0.405. The van der Waals surface area contributed by atoms with E-state index in [0.717, 1.165) is 24.2 Å². The number of rotatable bonds is 3. The van der Waals surface area contributed by atoms with Crippen molar-refractivity contribution in [2.24, 2.45) is 11.7 Å². The second kappa shape index (κ2) is 6.79. The van der Waals surface area contributed by atoms with E-state index in [0.29, 0.717) is 25.2 Å². The van der Waals surface area contributed by atoms with Crippen molar-refractivity contribution in [3.63, 3.8) is 0 Å². The molecule has 2 N–H and O–H groups in total. The third-order valence-electron chi connectivity index (χ3n) is 6.38. The molecule has 0 aliphatic carbocycles. The molecule has 0 radical (unpaired) electrons. The minimum Gasteiger partial charge on any atom is -0.363 e. The fourth-order valence-electron chi connectivity index (χ4n) is 5.02. The summed E-state index contributed by atoms with van der Waals surface area (Å²) in [6, 6.07) is 11.8. The molecule has 1 unspecified atom stereocenters. The molecule has 5 rings (SSSR count). The van der Waals surface area contributed by atoms with Crippen LogP contribution in [0.2, 0.25) is 0 Å². The average Bonchev–Trinajstić information content (AvgIpc) is 3.39. The van der Waals surface area contributed by atoms with Crippen LogP contribution >= 0.6 is 0 Å². The first-order valence-corrected chi connectivity index (χ1v) is 10.1. The first-order chi connectivity index (χ1) is 14.5. The fraction of sp³-hybridized carbons (Fsp3) is 0.381. The van der Waals surface area contributed by atoms with Gasteiger partial charge in [0.05, 0.1) is 12.1 Å². The minimum atomic E-state index is -0.745. The number of primary amides is 1. The Kier molecular flexibility index (Phi) is 4.19. The van der Waals surface area contributed by atoms with Crippen LogP contribution in [0.25, 0.3) is 0 Å². The number of aryl methyl sites for hydroxylation is 2. The molecule has 9 heteroatoms. The molecule has 4 heterocycles. The normalized spacial score (nSPS) is 23.6. The molecule has 0 fully saturated rings. The zero-order chi connectivity index (χ0) is 20.9. The molecule has 0 saturated heterocycles. The molecule has 2 aliphatic rings. The Balaban J connectivity index is 1.72. The number of nitrogens with zero attached hydrogens (tertiary/aromatic N) is 6. The van der Waals surface area contributed by atoms with Gasteiger partial charge in [-0.15, -0.1) is 5.10 Å². The van der Waals surface area contributed by atoms with Gasteiger partial charge in [0.2, 0.25) is 11.7 Å². The van der Waals surface area contributed by atoms with Crippen LogP contribution in [0.3, 0.4) is 0 Å². The van der Waals surface area contributed by atoms with Gasteiger partial charge < -0.3 is 5.73 Å². The largest absolute Gasteiger partial charge is 0.363 e. The summed E-state index contributed by atoms with van der Waals surface area (Å²) in [6.07, 6.45) is 4.55. The van der Waals surface area contributed by atoms with E-state index < -0.39 is 17.4 Å². The van der Waals surface area contributed by atoms with E-state index in [1.807, 2.05) is 41.1 Å². The van der Waals surface area contributed by atoms with Crippen molar-refractivity contribution in [2.45, 2.75) is 37.8 Å². The van der Waals surface area contributed by atoms with Gasteiger partial charge in [-0.05, 0) is 24.8 Å². The minimum absolute atomic E-state index is 0.00192. The van der Waals surface area contributed by atoms with E-state index in [4.69, 9.17) is 5.73 Å². The third-order valence-corrected chi connectivity index (χ3v) is 6.38. The predicted octanol–water partition coefficient (Wildman–Crippen LogP) is 1.34. The van der Waals surface area contributed by atoms with E-state index >= 15 is 0 Å². The second-order valence-electron chi connectivity index (χ2n) is 7.92. The Hall–Kier alpha value is -3.49. The lowest BCUT2D eigenvalue weighted by Crippen LogP contribution is -2.52. The van der Waals surface area contributed by atoms with E-state index in [-0.39, 0.29) is 11.7 Å². The predicted molar refractivity (Wildman–Crippen MR) is 109 cm³/mol. The molecule has 9 nitrogen and oxygen atoms in total. The number of hydrogen-bond acceptors (Lipinski definition) is 5. The summed E-state index contributed by atoms with van der Waals surface area (Å²) in [6.45, 7) is 0.615. The highest BCUT2D eigenvalue weighted by molar-refractivity contribution is 5.95. The van der Waals surface area contributed by atoms with Gasteiger partial charge in [-0.1, -0.05) is 30.3 Å². The van der Waals surface area contributed by atoms with Crippen LogP contribution in [-0.2, 0) is 23.3 Å². The van der Waals surface area contributed by atoms with Crippen molar-refractivity contribution in [2.75, 3.05) is 11.9 Å². The van der Waals surface area contributed by atoms with Crippen LogP contribution < -0.4 is 10.6 Å². The van der Waals surface area contributed by atoms with Crippen LogP contribution in [-0.4, -0.2) is 43.4 Å². The first-order valence-electron chi connectivity index (χ1n) is 10.1. The number of fused-ring (bicyclic) bond motifs is 2. The van der Waals surface area contributed by atoms with Gasteiger partial charge >= 0.3 is 0 Å². The highest BCUT2D eigenvalue weighted by atomic mass is 16.2. The smallest absolute Gasteiger partial charge is 0.288 e. The summed E-state index contributed by atoms with van der Waals surface area (Å²) in [5.41, 5.74) is 5.72. The van der Waals surface area contributed by atoms with Gasteiger partial charge in [-0.3, -0.25) is 14.5 Å². The van der Waals surface area contributed by atoms with Crippen LogP contribution in [0, 0.1) is 5.92 Å². The number of amides is 2. The molecule has 2 aliphatic heterocycles. The highest BCUT2D eigenvalue weighted by Crippen LogP contribution is 2.45.